The van der Waals surface area contributed by atoms with Crippen LogP contribution in [0.2, 0.25) is 0 Å². The Balaban J connectivity index is 1.65. The lowest BCUT2D eigenvalue weighted by Gasteiger charge is -2.22. The van der Waals surface area contributed by atoms with E-state index in [1.165, 1.54) is 19.3 Å². The summed E-state index contributed by atoms with van der Waals surface area (Å²) in [4.78, 5) is 12.5. The first-order valence-electron chi connectivity index (χ1n) is 6.84. The Hall–Kier alpha value is -1.42. The van der Waals surface area contributed by atoms with Crippen LogP contribution in [-0.2, 0) is 0 Å². The maximum Gasteiger partial charge on any atom is 0.251 e. The van der Waals surface area contributed by atoms with Gasteiger partial charge in [-0.3, -0.25) is 4.79 Å². The third-order valence-corrected chi connectivity index (χ3v) is 4.72. The standard InChI is InChI=1S/C15H18N2OS/c16-14(19)10-3-5-11(6-4-10)15(18)17-13-8-9-1-2-12(13)7-9/h3-6,9,12-13H,1-2,7-8H2,(H2,16,19)(H,17,18). The summed E-state index contributed by atoms with van der Waals surface area (Å²) in [5, 5.41) is 3.17. The predicted molar refractivity (Wildman–Crippen MR) is 79.0 cm³/mol. The molecule has 2 saturated carbocycles. The second-order valence-electron chi connectivity index (χ2n) is 5.70. The van der Waals surface area contributed by atoms with Crippen molar-refractivity contribution in [2.45, 2.75) is 31.7 Å². The normalized spacial score (nSPS) is 28.3. The number of hydrogen-bond donors (Lipinski definition) is 2. The number of nitrogens with two attached hydrogens (primary N) is 1. The fourth-order valence-corrected chi connectivity index (χ4v) is 3.60. The largest absolute Gasteiger partial charge is 0.389 e. The number of amides is 1. The lowest BCUT2D eigenvalue weighted by molar-refractivity contribution is 0.0923. The average molecular weight is 274 g/mol. The summed E-state index contributed by atoms with van der Waals surface area (Å²) < 4.78 is 0. The van der Waals surface area contributed by atoms with Gasteiger partial charge in [-0.05, 0) is 43.2 Å². The van der Waals surface area contributed by atoms with Gasteiger partial charge in [0, 0.05) is 17.2 Å². The lowest BCUT2D eigenvalue weighted by atomic mass is 9.95. The molecule has 2 aliphatic carbocycles. The molecular formula is C15H18N2OS. The summed E-state index contributed by atoms with van der Waals surface area (Å²) in [6, 6.07) is 7.56. The molecule has 0 heterocycles. The molecule has 2 aliphatic rings. The number of benzene rings is 1. The zero-order valence-corrected chi connectivity index (χ0v) is 11.6. The van der Waals surface area contributed by atoms with Crippen LogP contribution in [0.15, 0.2) is 24.3 Å². The maximum atomic E-state index is 12.2. The van der Waals surface area contributed by atoms with Gasteiger partial charge < -0.3 is 11.1 Å². The summed E-state index contributed by atoms with van der Waals surface area (Å²) >= 11 is 4.90. The van der Waals surface area contributed by atoms with Crippen LogP contribution in [0.1, 0.15) is 41.6 Å². The predicted octanol–water partition coefficient (Wildman–Crippen LogP) is 2.24. The van der Waals surface area contributed by atoms with Crippen LogP contribution in [0.25, 0.3) is 0 Å². The first-order valence-corrected chi connectivity index (χ1v) is 7.25. The van der Waals surface area contributed by atoms with E-state index in [1.54, 1.807) is 24.3 Å². The molecule has 1 aromatic carbocycles. The van der Waals surface area contributed by atoms with Gasteiger partial charge in [0.25, 0.3) is 5.91 Å². The molecule has 100 valence electrons. The molecule has 0 spiro atoms. The van der Waals surface area contributed by atoms with Gasteiger partial charge in [-0.15, -0.1) is 0 Å². The highest BCUT2D eigenvalue weighted by atomic mass is 32.1. The first kappa shape index (κ1) is 12.6. The molecule has 4 heteroatoms. The van der Waals surface area contributed by atoms with Crippen LogP contribution in [-0.4, -0.2) is 16.9 Å². The van der Waals surface area contributed by atoms with E-state index in [9.17, 15) is 4.79 Å². The van der Waals surface area contributed by atoms with Gasteiger partial charge in [-0.2, -0.15) is 0 Å². The summed E-state index contributed by atoms with van der Waals surface area (Å²) in [5.74, 6) is 1.56. The Morgan fingerprint density at radius 1 is 1.16 bits per heavy atom. The quantitative estimate of drug-likeness (QED) is 0.831. The topological polar surface area (TPSA) is 55.1 Å². The third kappa shape index (κ3) is 2.50. The molecule has 3 nitrogen and oxygen atoms in total. The smallest absolute Gasteiger partial charge is 0.251 e. The lowest BCUT2D eigenvalue weighted by Crippen LogP contribution is -2.38. The fourth-order valence-electron chi connectivity index (χ4n) is 3.46. The molecule has 0 radical (unpaired) electrons. The molecular weight excluding hydrogens is 256 g/mol. The number of rotatable bonds is 3. The minimum atomic E-state index is 0.0204. The molecule has 3 rings (SSSR count). The molecule has 2 fully saturated rings. The van der Waals surface area contributed by atoms with Gasteiger partial charge in [-0.25, -0.2) is 0 Å². The van der Waals surface area contributed by atoms with Crippen molar-refractivity contribution in [1.82, 2.24) is 5.32 Å². The van der Waals surface area contributed by atoms with Crippen molar-refractivity contribution in [3.05, 3.63) is 35.4 Å². The molecule has 3 atom stereocenters. The Labute approximate surface area is 118 Å². The van der Waals surface area contributed by atoms with E-state index >= 15 is 0 Å². The van der Waals surface area contributed by atoms with Gasteiger partial charge in [0.15, 0.2) is 0 Å². The molecule has 1 aromatic rings. The molecule has 0 aromatic heterocycles. The van der Waals surface area contributed by atoms with Gasteiger partial charge >= 0.3 is 0 Å². The highest BCUT2D eigenvalue weighted by molar-refractivity contribution is 7.80. The van der Waals surface area contributed by atoms with E-state index in [-0.39, 0.29) is 5.91 Å². The molecule has 2 bridgehead atoms. The van der Waals surface area contributed by atoms with Crippen LogP contribution in [0.3, 0.4) is 0 Å². The van der Waals surface area contributed by atoms with E-state index in [2.05, 4.69) is 5.32 Å². The average Bonchev–Trinajstić information content (AvgIpc) is 3.01. The van der Waals surface area contributed by atoms with E-state index in [1.807, 2.05) is 0 Å². The summed E-state index contributed by atoms with van der Waals surface area (Å²) in [6.07, 6.45) is 5.07. The van der Waals surface area contributed by atoms with Crippen molar-refractivity contribution in [2.24, 2.45) is 17.6 Å². The zero-order chi connectivity index (χ0) is 13.4. The van der Waals surface area contributed by atoms with Crippen molar-refractivity contribution < 1.29 is 4.79 Å². The highest BCUT2D eigenvalue weighted by Gasteiger charge is 2.40. The summed E-state index contributed by atoms with van der Waals surface area (Å²) in [7, 11) is 0. The number of hydrogen-bond acceptors (Lipinski definition) is 2. The molecule has 3 unspecified atom stereocenters. The number of carbonyl (C=O) groups is 1. The molecule has 0 aliphatic heterocycles. The number of nitrogens with one attached hydrogen (secondary N) is 1. The summed E-state index contributed by atoms with van der Waals surface area (Å²) in [5.41, 5.74) is 7.02. The van der Waals surface area contributed by atoms with E-state index < -0.39 is 0 Å². The third-order valence-electron chi connectivity index (χ3n) is 4.49. The van der Waals surface area contributed by atoms with Gasteiger partial charge in [0.05, 0.1) is 0 Å². The minimum Gasteiger partial charge on any atom is -0.389 e. The van der Waals surface area contributed by atoms with Crippen LogP contribution in [0.4, 0.5) is 0 Å². The van der Waals surface area contributed by atoms with E-state index in [4.69, 9.17) is 18.0 Å². The van der Waals surface area contributed by atoms with Crippen LogP contribution >= 0.6 is 12.2 Å². The van der Waals surface area contributed by atoms with E-state index in [0.717, 1.165) is 17.9 Å². The second kappa shape index (κ2) is 4.93. The molecule has 3 N–H and O–H groups in total. The Morgan fingerprint density at radius 2 is 1.84 bits per heavy atom. The molecule has 1 amide bonds. The molecule has 19 heavy (non-hydrogen) atoms. The Kier molecular flexibility index (Phi) is 3.27. The first-order chi connectivity index (χ1) is 9.13. The van der Waals surface area contributed by atoms with Crippen molar-refractivity contribution in [3.8, 4) is 0 Å². The number of carbonyl (C=O) groups excluding carboxylic acids is 1. The minimum absolute atomic E-state index is 0.0204. The van der Waals surface area contributed by atoms with Crippen molar-refractivity contribution in [2.75, 3.05) is 0 Å². The second-order valence-corrected chi connectivity index (χ2v) is 6.14. The highest BCUT2D eigenvalue weighted by Crippen LogP contribution is 2.44. The van der Waals surface area contributed by atoms with Crippen LogP contribution in [0.5, 0.6) is 0 Å². The number of thiocarbonyl (C=S) groups is 1. The zero-order valence-electron chi connectivity index (χ0n) is 10.8. The van der Waals surface area contributed by atoms with Gasteiger partial charge in [-0.1, -0.05) is 30.8 Å². The van der Waals surface area contributed by atoms with Crippen molar-refractivity contribution in [3.63, 3.8) is 0 Å². The van der Waals surface area contributed by atoms with Crippen molar-refractivity contribution >= 4 is 23.1 Å². The van der Waals surface area contributed by atoms with Crippen molar-refractivity contribution in [1.29, 1.82) is 0 Å². The SMILES string of the molecule is NC(=S)c1ccc(C(=O)NC2CC3CCC2C3)cc1. The Bertz CT molecular complexity index is 511. The maximum absolute atomic E-state index is 12.2. The van der Waals surface area contributed by atoms with Crippen LogP contribution in [0, 0.1) is 11.8 Å². The molecule has 0 saturated heterocycles. The fraction of sp³-hybridized carbons (Fsp3) is 0.467. The Morgan fingerprint density at radius 3 is 2.37 bits per heavy atom. The van der Waals surface area contributed by atoms with Gasteiger partial charge in [0.1, 0.15) is 4.99 Å². The number of fused-ring (bicyclic) bond motifs is 2. The summed E-state index contributed by atoms with van der Waals surface area (Å²) in [6.45, 7) is 0. The van der Waals surface area contributed by atoms with Gasteiger partial charge in [0.2, 0.25) is 0 Å². The monoisotopic (exact) mass is 274 g/mol. The van der Waals surface area contributed by atoms with E-state index in [0.29, 0.717) is 22.5 Å². The van der Waals surface area contributed by atoms with Crippen LogP contribution < -0.4 is 11.1 Å².